The minimum Gasteiger partial charge on any atom is -0.484 e. The predicted octanol–water partition coefficient (Wildman–Crippen LogP) is 2.25. The molecule has 3 N–H and O–H groups in total. The number of ether oxygens (including phenoxy) is 1. The summed E-state index contributed by atoms with van der Waals surface area (Å²) in [7, 11) is 1.27. The number of alkyl halides is 3. The largest absolute Gasteiger partial charge is 0.484 e. The molecule has 3 saturated carbocycles. The Kier molecular flexibility index (Phi) is 6.75. The molecule has 1 aromatic carbocycles. The lowest BCUT2D eigenvalue weighted by atomic mass is 9.60. The number of hydrogen-bond donors (Lipinski definition) is 3. The zero-order chi connectivity index (χ0) is 23.9. The van der Waals surface area contributed by atoms with Gasteiger partial charge in [-0.1, -0.05) is 11.6 Å². The Bertz CT molecular complexity index is 912. The standard InChI is InChI=1S/C21H25ClF4N4O3/c1-30-19(21(24,25)26)13(8-27-30)20(32)29-17-7-16(10-4-11(17)5-10)28-18(31)9-33-12-2-3-14(22)15(23)6-12/h2-3,6,10-11,13,16-17,19,27H,4-5,7-9H2,1H3,(H,28,31)(H,29,32)/t10?,11?,13?,16?,17-,19?/m1/s1. The summed E-state index contributed by atoms with van der Waals surface area (Å²) < 4.78 is 58.9. The highest BCUT2D eigenvalue weighted by Crippen LogP contribution is 2.46. The van der Waals surface area contributed by atoms with E-state index >= 15 is 0 Å². The van der Waals surface area contributed by atoms with Crippen molar-refractivity contribution in [3.05, 3.63) is 29.0 Å². The molecule has 12 heteroatoms. The minimum atomic E-state index is -4.53. The van der Waals surface area contributed by atoms with Crippen molar-refractivity contribution in [3.8, 4) is 5.75 Å². The first-order valence-corrected chi connectivity index (χ1v) is 11.1. The van der Waals surface area contributed by atoms with E-state index in [1.165, 1.54) is 19.2 Å². The van der Waals surface area contributed by atoms with Crippen LogP contribution >= 0.6 is 11.6 Å². The highest BCUT2D eigenvalue weighted by atomic mass is 35.5. The Balaban J connectivity index is 1.30. The molecule has 0 aromatic heterocycles. The lowest BCUT2D eigenvalue weighted by Crippen LogP contribution is -2.61. The number of benzene rings is 1. The summed E-state index contributed by atoms with van der Waals surface area (Å²) in [6.07, 6.45) is -2.53. The lowest BCUT2D eigenvalue weighted by Gasteiger charge is -2.51. The number of nitrogens with one attached hydrogen (secondary N) is 3. The van der Waals surface area contributed by atoms with Gasteiger partial charge in [-0.2, -0.15) is 13.2 Å². The van der Waals surface area contributed by atoms with E-state index in [0.29, 0.717) is 6.42 Å². The molecule has 0 spiro atoms. The van der Waals surface area contributed by atoms with Gasteiger partial charge in [0.1, 0.15) is 17.6 Å². The third-order valence-electron chi connectivity index (χ3n) is 6.82. The molecule has 1 aliphatic heterocycles. The molecular formula is C21H25ClF4N4O3. The minimum absolute atomic E-state index is 0.0526. The van der Waals surface area contributed by atoms with Crippen molar-refractivity contribution >= 4 is 23.4 Å². The van der Waals surface area contributed by atoms with Gasteiger partial charge in [-0.3, -0.25) is 15.0 Å². The molecule has 3 unspecified atom stereocenters. The number of halogens is 5. The van der Waals surface area contributed by atoms with Crippen LogP contribution in [0.25, 0.3) is 0 Å². The fraction of sp³-hybridized carbons (Fsp3) is 0.619. The molecule has 1 aromatic rings. The zero-order valence-corrected chi connectivity index (χ0v) is 18.5. The average Bonchev–Trinajstić information content (AvgIpc) is 3.10. The summed E-state index contributed by atoms with van der Waals surface area (Å²) in [6.45, 7) is -0.409. The van der Waals surface area contributed by atoms with Crippen molar-refractivity contribution in [2.75, 3.05) is 20.2 Å². The molecular weight excluding hydrogens is 468 g/mol. The number of carbonyl (C=O) groups is 2. The normalized spacial score (nSPS) is 31.6. The quantitative estimate of drug-likeness (QED) is 0.531. The van der Waals surface area contributed by atoms with Crippen LogP contribution in [0.15, 0.2) is 18.2 Å². The van der Waals surface area contributed by atoms with Crippen LogP contribution in [0, 0.1) is 23.6 Å². The van der Waals surface area contributed by atoms with Crippen LogP contribution in [0.2, 0.25) is 5.02 Å². The zero-order valence-electron chi connectivity index (χ0n) is 17.8. The first-order chi connectivity index (χ1) is 15.5. The highest BCUT2D eigenvalue weighted by molar-refractivity contribution is 6.30. The first-order valence-electron chi connectivity index (χ1n) is 10.7. The van der Waals surface area contributed by atoms with Gasteiger partial charge in [-0.05, 0) is 43.2 Å². The van der Waals surface area contributed by atoms with Crippen molar-refractivity contribution in [2.24, 2.45) is 17.8 Å². The van der Waals surface area contributed by atoms with Crippen LogP contribution in [0.4, 0.5) is 17.6 Å². The molecule has 2 bridgehead atoms. The van der Waals surface area contributed by atoms with Crippen LogP contribution in [0.3, 0.4) is 0 Å². The van der Waals surface area contributed by atoms with Gasteiger partial charge in [-0.25, -0.2) is 9.40 Å². The number of fused-ring (bicyclic) bond motifs is 2. The third kappa shape index (κ3) is 5.20. The molecule has 4 fully saturated rings. The van der Waals surface area contributed by atoms with Crippen molar-refractivity contribution in [1.29, 1.82) is 0 Å². The number of rotatable bonds is 6. The molecule has 3 aliphatic carbocycles. The van der Waals surface area contributed by atoms with Crippen LogP contribution < -0.4 is 20.8 Å². The Morgan fingerprint density at radius 3 is 2.48 bits per heavy atom. The van der Waals surface area contributed by atoms with E-state index in [0.717, 1.165) is 23.9 Å². The second-order valence-corrected chi connectivity index (χ2v) is 9.35. The second kappa shape index (κ2) is 9.27. The molecule has 182 valence electrons. The second-order valence-electron chi connectivity index (χ2n) is 8.95. The van der Waals surface area contributed by atoms with E-state index in [2.05, 4.69) is 16.1 Å². The Labute approximate surface area is 193 Å². The van der Waals surface area contributed by atoms with Gasteiger partial charge in [0.05, 0.1) is 10.9 Å². The van der Waals surface area contributed by atoms with Gasteiger partial charge in [0.2, 0.25) is 5.91 Å². The topological polar surface area (TPSA) is 82.7 Å². The summed E-state index contributed by atoms with van der Waals surface area (Å²) in [4.78, 5) is 25.0. The molecule has 1 heterocycles. The maximum Gasteiger partial charge on any atom is 0.406 e. The van der Waals surface area contributed by atoms with Gasteiger partial charge < -0.3 is 15.4 Å². The maximum atomic E-state index is 13.5. The van der Waals surface area contributed by atoms with Crippen LogP contribution in [-0.2, 0) is 9.59 Å². The number of carbonyl (C=O) groups excluding carboxylic acids is 2. The number of hydrazine groups is 1. The molecule has 2 amide bonds. The number of amides is 2. The van der Waals surface area contributed by atoms with Gasteiger partial charge in [-0.15, -0.1) is 0 Å². The molecule has 4 aliphatic rings. The summed E-state index contributed by atoms with van der Waals surface area (Å²) in [5, 5.41) is 6.56. The van der Waals surface area contributed by atoms with E-state index in [9.17, 15) is 27.2 Å². The first kappa shape index (κ1) is 24.0. The number of nitrogens with zero attached hydrogens (tertiary/aromatic N) is 1. The van der Waals surface area contributed by atoms with Crippen molar-refractivity contribution < 1.29 is 31.9 Å². The monoisotopic (exact) mass is 492 g/mol. The van der Waals surface area contributed by atoms with Gasteiger partial charge in [0.25, 0.3) is 5.91 Å². The van der Waals surface area contributed by atoms with E-state index in [1.807, 2.05) is 0 Å². The smallest absolute Gasteiger partial charge is 0.406 e. The summed E-state index contributed by atoms with van der Waals surface area (Å²) in [5.74, 6) is -2.32. The summed E-state index contributed by atoms with van der Waals surface area (Å²) in [6, 6.07) is 1.45. The Morgan fingerprint density at radius 2 is 1.85 bits per heavy atom. The number of hydrogen-bond acceptors (Lipinski definition) is 5. The van der Waals surface area contributed by atoms with E-state index in [-0.39, 0.29) is 47.8 Å². The molecule has 33 heavy (non-hydrogen) atoms. The molecule has 1 saturated heterocycles. The molecule has 7 nitrogen and oxygen atoms in total. The van der Waals surface area contributed by atoms with E-state index < -0.39 is 35.8 Å². The average molecular weight is 493 g/mol. The van der Waals surface area contributed by atoms with Gasteiger partial charge >= 0.3 is 6.18 Å². The summed E-state index contributed by atoms with van der Waals surface area (Å²) >= 11 is 5.62. The maximum absolute atomic E-state index is 13.5. The van der Waals surface area contributed by atoms with E-state index in [4.69, 9.17) is 16.3 Å². The van der Waals surface area contributed by atoms with E-state index in [1.54, 1.807) is 0 Å². The molecule has 5 rings (SSSR count). The van der Waals surface area contributed by atoms with Gasteiger partial charge in [0, 0.05) is 31.7 Å². The van der Waals surface area contributed by atoms with Gasteiger partial charge in [0.15, 0.2) is 6.61 Å². The molecule has 4 atom stereocenters. The Morgan fingerprint density at radius 1 is 1.18 bits per heavy atom. The fourth-order valence-electron chi connectivity index (χ4n) is 5.04. The SMILES string of the molecule is CN1NCC(C(=O)N[C@@H]2CC(NC(=O)COc3ccc(Cl)c(F)c3)C3CC2C3)C1C(F)(F)F. The van der Waals surface area contributed by atoms with Crippen LogP contribution in [0.5, 0.6) is 5.75 Å². The Hall–Kier alpha value is -2.11. The lowest BCUT2D eigenvalue weighted by molar-refractivity contribution is -0.188. The van der Waals surface area contributed by atoms with Crippen molar-refractivity contribution in [2.45, 2.75) is 43.6 Å². The van der Waals surface area contributed by atoms with Crippen LogP contribution in [0.1, 0.15) is 19.3 Å². The van der Waals surface area contributed by atoms with Crippen molar-refractivity contribution in [3.63, 3.8) is 0 Å². The highest BCUT2D eigenvalue weighted by Gasteiger charge is 2.54. The van der Waals surface area contributed by atoms with Crippen molar-refractivity contribution in [1.82, 2.24) is 21.1 Å². The summed E-state index contributed by atoms with van der Waals surface area (Å²) in [5.41, 5.74) is 2.59. The predicted molar refractivity (Wildman–Crippen MR) is 111 cm³/mol. The molecule has 0 radical (unpaired) electrons. The van der Waals surface area contributed by atoms with Crippen LogP contribution in [-0.4, -0.2) is 61.3 Å². The fourth-order valence-corrected chi connectivity index (χ4v) is 5.16. The third-order valence-corrected chi connectivity index (χ3v) is 7.13.